The zero-order chi connectivity index (χ0) is 15.5. The maximum atomic E-state index is 12.6. The maximum absolute atomic E-state index is 12.6. The van der Waals surface area contributed by atoms with Crippen molar-refractivity contribution < 1.29 is 4.79 Å². The van der Waals surface area contributed by atoms with E-state index in [0.29, 0.717) is 6.42 Å². The lowest BCUT2D eigenvalue weighted by molar-refractivity contribution is -0.134. The second-order valence-electron chi connectivity index (χ2n) is 5.48. The molecule has 126 valence electrons. The monoisotopic (exact) mass is 326 g/mol. The standard InChI is InChI=1S/C18H30N2O.ClH/c1-4-6-15-20(18(21)13-10-14-19-3)17(5-2)16-11-8-7-9-12-16;/h7-9,11-12,17,19H,4-6,10,13-15H2,1-3H3;1H. The van der Waals surface area contributed by atoms with Crippen LogP contribution in [0.5, 0.6) is 0 Å². The summed E-state index contributed by atoms with van der Waals surface area (Å²) in [5.74, 6) is 0.286. The van der Waals surface area contributed by atoms with Crippen molar-refractivity contribution in [3.63, 3.8) is 0 Å². The van der Waals surface area contributed by atoms with Crippen molar-refractivity contribution in [1.82, 2.24) is 10.2 Å². The van der Waals surface area contributed by atoms with Crippen LogP contribution >= 0.6 is 12.4 Å². The molecule has 1 N–H and O–H groups in total. The third kappa shape index (κ3) is 6.80. The summed E-state index contributed by atoms with van der Waals surface area (Å²) < 4.78 is 0. The van der Waals surface area contributed by atoms with E-state index in [0.717, 1.165) is 38.8 Å². The number of nitrogens with one attached hydrogen (secondary N) is 1. The van der Waals surface area contributed by atoms with Gasteiger partial charge in [-0.15, -0.1) is 12.4 Å². The lowest BCUT2D eigenvalue weighted by Crippen LogP contribution is -2.35. The van der Waals surface area contributed by atoms with Gasteiger partial charge in [-0.2, -0.15) is 0 Å². The number of benzene rings is 1. The highest BCUT2D eigenvalue weighted by Gasteiger charge is 2.22. The number of nitrogens with zero attached hydrogens (tertiary/aromatic N) is 1. The minimum atomic E-state index is 0. The van der Waals surface area contributed by atoms with Gasteiger partial charge in [0.15, 0.2) is 0 Å². The summed E-state index contributed by atoms with van der Waals surface area (Å²) in [5, 5.41) is 3.11. The fourth-order valence-electron chi connectivity index (χ4n) is 2.65. The molecule has 0 saturated carbocycles. The van der Waals surface area contributed by atoms with Crippen molar-refractivity contribution in [3.05, 3.63) is 35.9 Å². The van der Waals surface area contributed by atoms with Crippen LogP contribution in [0.25, 0.3) is 0 Å². The van der Waals surface area contributed by atoms with Gasteiger partial charge in [-0.25, -0.2) is 0 Å². The molecule has 4 heteroatoms. The van der Waals surface area contributed by atoms with Crippen molar-refractivity contribution in [2.24, 2.45) is 0 Å². The Morgan fingerprint density at radius 3 is 2.41 bits per heavy atom. The molecule has 0 heterocycles. The van der Waals surface area contributed by atoms with Gasteiger partial charge in [-0.3, -0.25) is 4.79 Å². The van der Waals surface area contributed by atoms with Gasteiger partial charge in [0.2, 0.25) is 5.91 Å². The number of carbonyl (C=O) groups excluding carboxylic acids is 1. The van der Waals surface area contributed by atoms with E-state index < -0.39 is 0 Å². The number of hydrogen-bond acceptors (Lipinski definition) is 2. The Labute approximate surface area is 141 Å². The molecule has 0 aliphatic carbocycles. The van der Waals surface area contributed by atoms with Gasteiger partial charge < -0.3 is 10.2 Å². The van der Waals surface area contributed by atoms with E-state index in [1.165, 1.54) is 5.56 Å². The van der Waals surface area contributed by atoms with Crippen LogP contribution < -0.4 is 5.32 Å². The minimum absolute atomic E-state index is 0. The molecule has 0 aliphatic heterocycles. The second-order valence-corrected chi connectivity index (χ2v) is 5.48. The highest BCUT2D eigenvalue weighted by molar-refractivity contribution is 5.85. The molecule has 1 amide bonds. The van der Waals surface area contributed by atoms with Gasteiger partial charge in [0.25, 0.3) is 0 Å². The van der Waals surface area contributed by atoms with E-state index in [9.17, 15) is 4.79 Å². The number of unbranched alkanes of at least 4 members (excludes halogenated alkanes) is 1. The van der Waals surface area contributed by atoms with Crippen molar-refractivity contribution in [2.45, 2.75) is 52.0 Å². The average Bonchev–Trinajstić information content (AvgIpc) is 2.52. The first-order chi connectivity index (χ1) is 10.2. The lowest BCUT2D eigenvalue weighted by atomic mass is 10.0. The summed E-state index contributed by atoms with van der Waals surface area (Å²) >= 11 is 0. The zero-order valence-corrected chi connectivity index (χ0v) is 15.0. The van der Waals surface area contributed by atoms with Gasteiger partial charge >= 0.3 is 0 Å². The predicted molar refractivity (Wildman–Crippen MR) is 96.5 cm³/mol. The summed E-state index contributed by atoms with van der Waals surface area (Å²) in [6.07, 6.45) is 4.69. The molecule has 0 bridgehead atoms. The number of amides is 1. The fraction of sp³-hybridized carbons (Fsp3) is 0.611. The number of halogens is 1. The van der Waals surface area contributed by atoms with Gasteiger partial charge in [0.1, 0.15) is 0 Å². The third-order valence-corrected chi connectivity index (χ3v) is 3.84. The first-order valence-electron chi connectivity index (χ1n) is 8.23. The predicted octanol–water partition coefficient (Wildman–Crippen LogP) is 4.19. The molecule has 1 rings (SSSR count). The highest BCUT2D eigenvalue weighted by atomic mass is 35.5. The maximum Gasteiger partial charge on any atom is 0.223 e. The Bertz CT molecular complexity index is 397. The second kappa shape index (κ2) is 12.5. The summed E-state index contributed by atoms with van der Waals surface area (Å²) in [7, 11) is 1.93. The Morgan fingerprint density at radius 2 is 1.86 bits per heavy atom. The van der Waals surface area contributed by atoms with E-state index in [2.05, 4.69) is 48.3 Å². The summed E-state index contributed by atoms with van der Waals surface area (Å²) in [6.45, 7) is 6.10. The third-order valence-electron chi connectivity index (χ3n) is 3.84. The number of carbonyl (C=O) groups is 1. The quantitative estimate of drug-likeness (QED) is 0.654. The van der Waals surface area contributed by atoms with Crippen molar-refractivity contribution in [2.75, 3.05) is 20.1 Å². The molecule has 0 fully saturated rings. The van der Waals surface area contributed by atoms with Crippen molar-refractivity contribution in [1.29, 1.82) is 0 Å². The number of rotatable bonds is 10. The van der Waals surface area contributed by atoms with Gasteiger partial charge in [-0.05, 0) is 38.4 Å². The van der Waals surface area contributed by atoms with Crippen LogP contribution in [0.2, 0.25) is 0 Å². The van der Waals surface area contributed by atoms with Crippen LogP contribution in [0.15, 0.2) is 30.3 Å². The van der Waals surface area contributed by atoms with Crippen LogP contribution in [-0.2, 0) is 4.79 Å². The molecule has 0 aliphatic rings. The molecule has 0 aromatic heterocycles. The van der Waals surface area contributed by atoms with Crippen molar-refractivity contribution >= 4 is 18.3 Å². The van der Waals surface area contributed by atoms with Gasteiger partial charge in [0.05, 0.1) is 6.04 Å². The molecule has 22 heavy (non-hydrogen) atoms. The lowest BCUT2D eigenvalue weighted by Gasteiger charge is -2.32. The minimum Gasteiger partial charge on any atom is -0.336 e. The van der Waals surface area contributed by atoms with Crippen LogP contribution in [0.4, 0.5) is 0 Å². The molecule has 0 saturated heterocycles. The Hall–Kier alpha value is -1.06. The summed E-state index contributed by atoms with van der Waals surface area (Å²) in [5.41, 5.74) is 1.25. The highest BCUT2D eigenvalue weighted by Crippen LogP contribution is 2.25. The number of hydrogen-bond donors (Lipinski definition) is 1. The SMILES string of the molecule is CCCCN(C(=O)CCCNC)C(CC)c1ccccc1.Cl. The normalized spacial score (nSPS) is 11.6. The summed E-state index contributed by atoms with van der Waals surface area (Å²) in [6, 6.07) is 10.6. The Morgan fingerprint density at radius 1 is 1.18 bits per heavy atom. The average molecular weight is 327 g/mol. The zero-order valence-electron chi connectivity index (χ0n) is 14.2. The Balaban J connectivity index is 0.00000441. The fourth-order valence-corrected chi connectivity index (χ4v) is 2.65. The first kappa shape index (κ1) is 20.9. The Kier molecular flexibility index (Phi) is 11.9. The van der Waals surface area contributed by atoms with Gasteiger partial charge in [-0.1, -0.05) is 50.6 Å². The smallest absolute Gasteiger partial charge is 0.223 e. The van der Waals surface area contributed by atoms with E-state index in [4.69, 9.17) is 0 Å². The molecule has 0 spiro atoms. The topological polar surface area (TPSA) is 32.3 Å². The molecule has 1 atom stereocenters. The first-order valence-corrected chi connectivity index (χ1v) is 8.23. The van der Waals surface area contributed by atoms with Crippen LogP contribution in [0.3, 0.4) is 0 Å². The van der Waals surface area contributed by atoms with Crippen LogP contribution in [0.1, 0.15) is 57.6 Å². The van der Waals surface area contributed by atoms with E-state index >= 15 is 0 Å². The molecule has 1 aromatic carbocycles. The van der Waals surface area contributed by atoms with Crippen LogP contribution in [0, 0.1) is 0 Å². The van der Waals surface area contributed by atoms with E-state index in [1.54, 1.807) is 0 Å². The molecule has 0 radical (unpaired) electrons. The van der Waals surface area contributed by atoms with E-state index in [-0.39, 0.29) is 24.4 Å². The summed E-state index contributed by atoms with van der Waals surface area (Å²) in [4.78, 5) is 14.7. The molecular weight excluding hydrogens is 296 g/mol. The van der Waals surface area contributed by atoms with Gasteiger partial charge in [0, 0.05) is 13.0 Å². The van der Waals surface area contributed by atoms with Crippen molar-refractivity contribution in [3.8, 4) is 0 Å². The molecule has 1 aromatic rings. The molecule has 3 nitrogen and oxygen atoms in total. The van der Waals surface area contributed by atoms with E-state index in [1.807, 2.05) is 13.1 Å². The van der Waals surface area contributed by atoms with Crippen LogP contribution in [-0.4, -0.2) is 30.9 Å². The molecule has 1 unspecified atom stereocenters. The largest absolute Gasteiger partial charge is 0.336 e. The molecular formula is C18H31ClN2O.